The molecule has 4 heteroatoms. The second-order valence-electron chi connectivity index (χ2n) is 6.35. The number of likely N-dealkylation sites (tertiary alicyclic amines) is 1. The van der Waals surface area contributed by atoms with Crippen molar-refractivity contribution in [3.63, 3.8) is 0 Å². The minimum absolute atomic E-state index is 0.244. The fourth-order valence-corrected chi connectivity index (χ4v) is 3.53. The Labute approximate surface area is 131 Å². The smallest absolute Gasteiger partial charge is 0.222 e. The average Bonchev–Trinajstić information content (AvgIpc) is 2.93. The summed E-state index contributed by atoms with van der Waals surface area (Å²) in [6, 6.07) is 7.97. The number of ether oxygens (including phenoxy) is 1. The van der Waals surface area contributed by atoms with E-state index in [2.05, 4.69) is 12.1 Å². The first kappa shape index (κ1) is 14.9. The minimum atomic E-state index is 0.244. The van der Waals surface area contributed by atoms with Crippen molar-refractivity contribution < 1.29 is 9.53 Å². The van der Waals surface area contributed by atoms with E-state index >= 15 is 0 Å². The second kappa shape index (κ2) is 6.37. The van der Waals surface area contributed by atoms with Crippen LogP contribution in [0.2, 0.25) is 5.02 Å². The Morgan fingerprint density at radius 2 is 2.05 bits per heavy atom. The minimum Gasteiger partial charge on any atom is -0.381 e. The highest BCUT2D eigenvalue weighted by Crippen LogP contribution is 2.38. The van der Waals surface area contributed by atoms with Crippen LogP contribution in [-0.4, -0.2) is 37.1 Å². The maximum atomic E-state index is 12.1. The van der Waals surface area contributed by atoms with Crippen molar-refractivity contribution in [2.75, 3.05) is 26.3 Å². The average molecular weight is 308 g/mol. The van der Waals surface area contributed by atoms with E-state index in [9.17, 15) is 4.79 Å². The molecule has 2 aliphatic heterocycles. The standard InChI is InChI=1S/C17H22ClNO2/c18-15-5-3-14(4-6-15)2-1-10-19-12-17(8-7-16(19)20)9-11-21-13-17/h3-6H,1-2,7-13H2/t17-/m1/s1. The molecule has 2 aliphatic rings. The molecule has 114 valence electrons. The van der Waals surface area contributed by atoms with Gasteiger partial charge in [0.1, 0.15) is 0 Å². The van der Waals surface area contributed by atoms with Crippen LogP contribution in [-0.2, 0) is 16.0 Å². The lowest BCUT2D eigenvalue weighted by atomic mass is 9.79. The molecule has 21 heavy (non-hydrogen) atoms. The Kier molecular flexibility index (Phi) is 4.51. The molecule has 1 aromatic rings. The van der Waals surface area contributed by atoms with Crippen LogP contribution in [0.25, 0.3) is 0 Å². The molecular weight excluding hydrogens is 286 g/mol. The third-order valence-electron chi connectivity index (χ3n) is 4.74. The molecule has 1 aromatic carbocycles. The van der Waals surface area contributed by atoms with Gasteiger partial charge in [-0.1, -0.05) is 23.7 Å². The summed E-state index contributed by atoms with van der Waals surface area (Å²) in [5.74, 6) is 0.309. The van der Waals surface area contributed by atoms with Crippen LogP contribution in [0.4, 0.5) is 0 Å². The largest absolute Gasteiger partial charge is 0.381 e. The molecule has 0 bridgehead atoms. The van der Waals surface area contributed by atoms with Gasteiger partial charge in [0, 0.05) is 36.6 Å². The third kappa shape index (κ3) is 3.58. The van der Waals surface area contributed by atoms with Gasteiger partial charge in [-0.15, -0.1) is 0 Å². The van der Waals surface area contributed by atoms with Crippen molar-refractivity contribution in [2.45, 2.75) is 32.1 Å². The number of carbonyl (C=O) groups excluding carboxylic acids is 1. The normalized spacial score (nSPS) is 25.8. The Morgan fingerprint density at radius 3 is 2.76 bits per heavy atom. The predicted molar refractivity (Wildman–Crippen MR) is 83.5 cm³/mol. The Morgan fingerprint density at radius 1 is 1.24 bits per heavy atom. The lowest BCUT2D eigenvalue weighted by Gasteiger charge is -2.39. The van der Waals surface area contributed by atoms with Gasteiger partial charge in [-0.3, -0.25) is 4.79 Å². The van der Waals surface area contributed by atoms with Crippen molar-refractivity contribution in [1.82, 2.24) is 4.90 Å². The monoisotopic (exact) mass is 307 g/mol. The van der Waals surface area contributed by atoms with Gasteiger partial charge < -0.3 is 9.64 Å². The van der Waals surface area contributed by atoms with E-state index in [4.69, 9.17) is 16.3 Å². The van der Waals surface area contributed by atoms with Gasteiger partial charge in [0.05, 0.1) is 6.61 Å². The van der Waals surface area contributed by atoms with E-state index in [0.717, 1.165) is 57.0 Å². The van der Waals surface area contributed by atoms with E-state index in [0.29, 0.717) is 12.3 Å². The number of hydrogen-bond acceptors (Lipinski definition) is 2. The summed E-state index contributed by atoms with van der Waals surface area (Å²) >= 11 is 5.89. The van der Waals surface area contributed by atoms with Crippen LogP contribution in [0, 0.1) is 5.41 Å². The van der Waals surface area contributed by atoms with E-state index in [1.165, 1.54) is 5.56 Å². The van der Waals surface area contributed by atoms with Gasteiger partial charge in [0.25, 0.3) is 0 Å². The van der Waals surface area contributed by atoms with Crippen LogP contribution in [0.3, 0.4) is 0 Å². The van der Waals surface area contributed by atoms with E-state index in [1.54, 1.807) is 0 Å². The summed E-state index contributed by atoms with van der Waals surface area (Å²) in [6.07, 6.45) is 4.78. The Hall–Kier alpha value is -1.06. The summed E-state index contributed by atoms with van der Waals surface area (Å²) in [5.41, 5.74) is 1.52. The summed E-state index contributed by atoms with van der Waals surface area (Å²) < 4.78 is 5.56. The molecule has 2 fully saturated rings. The predicted octanol–water partition coefficient (Wildman–Crippen LogP) is 3.30. The number of carbonyl (C=O) groups is 1. The lowest BCUT2D eigenvalue weighted by Crippen LogP contribution is -2.47. The van der Waals surface area contributed by atoms with Crippen molar-refractivity contribution in [1.29, 1.82) is 0 Å². The lowest BCUT2D eigenvalue weighted by molar-refractivity contribution is -0.137. The van der Waals surface area contributed by atoms with Gasteiger partial charge >= 0.3 is 0 Å². The highest BCUT2D eigenvalue weighted by molar-refractivity contribution is 6.30. The SMILES string of the molecule is O=C1CC[C@@]2(CCOC2)CN1CCCc1ccc(Cl)cc1. The van der Waals surface area contributed by atoms with E-state index in [-0.39, 0.29) is 5.41 Å². The molecule has 2 heterocycles. The Balaban J connectivity index is 1.51. The van der Waals surface area contributed by atoms with Crippen molar-refractivity contribution in [3.05, 3.63) is 34.9 Å². The summed E-state index contributed by atoms with van der Waals surface area (Å²) in [6.45, 7) is 3.41. The number of hydrogen-bond donors (Lipinski definition) is 0. The van der Waals surface area contributed by atoms with Crippen molar-refractivity contribution >= 4 is 17.5 Å². The fourth-order valence-electron chi connectivity index (χ4n) is 3.40. The van der Waals surface area contributed by atoms with Crippen molar-refractivity contribution in [3.8, 4) is 0 Å². The van der Waals surface area contributed by atoms with Gasteiger partial charge in [0.15, 0.2) is 0 Å². The second-order valence-corrected chi connectivity index (χ2v) is 6.78. The first-order valence-corrected chi connectivity index (χ1v) is 8.15. The summed E-state index contributed by atoms with van der Waals surface area (Å²) in [4.78, 5) is 14.1. The number of halogens is 1. The van der Waals surface area contributed by atoms with E-state index in [1.807, 2.05) is 17.0 Å². The third-order valence-corrected chi connectivity index (χ3v) is 4.99. The van der Waals surface area contributed by atoms with Gasteiger partial charge in [0.2, 0.25) is 5.91 Å². The number of benzene rings is 1. The molecular formula is C17H22ClNO2. The molecule has 0 aromatic heterocycles. The van der Waals surface area contributed by atoms with E-state index < -0.39 is 0 Å². The molecule has 1 amide bonds. The molecule has 2 saturated heterocycles. The maximum Gasteiger partial charge on any atom is 0.222 e. The number of aryl methyl sites for hydroxylation is 1. The summed E-state index contributed by atoms with van der Waals surface area (Å²) in [5, 5.41) is 0.771. The van der Waals surface area contributed by atoms with Crippen LogP contribution in [0.5, 0.6) is 0 Å². The first-order valence-electron chi connectivity index (χ1n) is 7.77. The zero-order valence-electron chi connectivity index (χ0n) is 12.3. The Bertz CT molecular complexity index is 494. The van der Waals surface area contributed by atoms with Gasteiger partial charge in [-0.25, -0.2) is 0 Å². The van der Waals surface area contributed by atoms with Crippen molar-refractivity contribution in [2.24, 2.45) is 5.41 Å². The van der Waals surface area contributed by atoms with Crippen LogP contribution >= 0.6 is 11.6 Å². The molecule has 0 N–H and O–H groups in total. The highest BCUT2D eigenvalue weighted by atomic mass is 35.5. The molecule has 3 rings (SSSR count). The van der Waals surface area contributed by atoms with Gasteiger partial charge in [-0.05, 0) is 43.4 Å². The van der Waals surface area contributed by atoms with Crippen LogP contribution in [0.15, 0.2) is 24.3 Å². The first-order chi connectivity index (χ1) is 10.2. The number of rotatable bonds is 4. The summed E-state index contributed by atoms with van der Waals surface area (Å²) in [7, 11) is 0. The molecule has 0 aliphatic carbocycles. The quantitative estimate of drug-likeness (QED) is 0.854. The molecule has 1 atom stereocenters. The van der Waals surface area contributed by atoms with Crippen LogP contribution in [0.1, 0.15) is 31.2 Å². The fraction of sp³-hybridized carbons (Fsp3) is 0.588. The van der Waals surface area contributed by atoms with Gasteiger partial charge in [-0.2, -0.15) is 0 Å². The molecule has 0 saturated carbocycles. The highest BCUT2D eigenvalue weighted by Gasteiger charge is 2.41. The molecule has 1 spiro atoms. The molecule has 3 nitrogen and oxygen atoms in total. The maximum absolute atomic E-state index is 12.1. The topological polar surface area (TPSA) is 29.5 Å². The zero-order chi connectivity index (χ0) is 14.7. The van der Waals surface area contributed by atoms with Crippen LogP contribution < -0.4 is 0 Å². The number of nitrogens with zero attached hydrogens (tertiary/aromatic N) is 1. The molecule has 0 radical (unpaired) electrons. The molecule has 0 unspecified atom stereocenters. The number of amides is 1. The number of piperidine rings is 1. The zero-order valence-corrected chi connectivity index (χ0v) is 13.1.